The molecule has 22 heavy (non-hydrogen) atoms. The van der Waals surface area contributed by atoms with Crippen LogP contribution in [0.5, 0.6) is 0 Å². The summed E-state index contributed by atoms with van der Waals surface area (Å²) in [6, 6.07) is 7.27. The standard InChI is InChI=1S/C14H14F3N3OS/c1-9(21)20-11-4-2-10(3-5-11)6-7-18-13-19-8-12(22-13)14(15,16)17/h2-5,8H,6-7H2,1H3,(H,18,19)(H,20,21). The molecule has 1 heterocycles. The highest BCUT2D eigenvalue weighted by Crippen LogP contribution is 2.34. The van der Waals surface area contributed by atoms with Crippen LogP contribution >= 0.6 is 11.3 Å². The zero-order valence-electron chi connectivity index (χ0n) is 11.7. The number of anilines is 2. The Bertz CT molecular complexity index is 638. The van der Waals surface area contributed by atoms with Crippen molar-refractivity contribution < 1.29 is 18.0 Å². The van der Waals surface area contributed by atoms with Crippen LogP contribution in [0, 0.1) is 0 Å². The predicted octanol–water partition coefficient (Wildman–Crippen LogP) is 3.77. The molecule has 4 nitrogen and oxygen atoms in total. The number of amides is 1. The minimum absolute atomic E-state index is 0.140. The topological polar surface area (TPSA) is 54.0 Å². The molecule has 2 N–H and O–H groups in total. The number of benzene rings is 1. The molecule has 0 saturated carbocycles. The van der Waals surface area contributed by atoms with Gasteiger partial charge in [0.2, 0.25) is 5.91 Å². The van der Waals surface area contributed by atoms with Crippen molar-refractivity contribution in [2.45, 2.75) is 19.5 Å². The van der Waals surface area contributed by atoms with Crippen LogP contribution in [0.1, 0.15) is 17.4 Å². The Hall–Kier alpha value is -2.09. The van der Waals surface area contributed by atoms with E-state index in [2.05, 4.69) is 15.6 Å². The molecule has 1 aromatic heterocycles. The van der Waals surface area contributed by atoms with Gasteiger partial charge in [-0.05, 0) is 24.1 Å². The lowest BCUT2D eigenvalue weighted by Gasteiger charge is -2.05. The monoisotopic (exact) mass is 329 g/mol. The molecule has 1 amide bonds. The van der Waals surface area contributed by atoms with Crippen LogP contribution in [-0.4, -0.2) is 17.4 Å². The molecule has 0 fully saturated rings. The van der Waals surface area contributed by atoms with Crippen LogP contribution in [0.3, 0.4) is 0 Å². The van der Waals surface area contributed by atoms with Gasteiger partial charge in [-0.3, -0.25) is 4.79 Å². The largest absolute Gasteiger partial charge is 0.427 e. The molecule has 0 radical (unpaired) electrons. The summed E-state index contributed by atoms with van der Waals surface area (Å²) in [7, 11) is 0. The van der Waals surface area contributed by atoms with Crippen molar-refractivity contribution in [3.05, 3.63) is 40.9 Å². The normalized spacial score (nSPS) is 11.3. The Balaban J connectivity index is 1.83. The van der Waals surface area contributed by atoms with Gasteiger partial charge in [-0.15, -0.1) is 0 Å². The number of aromatic nitrogens is 1. The lowest BCUT2D eigenvalue weighted by molar-refractivity contribution is -0.134. The van der Waals surface area contributed by atoms with Gasteiger partial charge in [0, 0.05) is 19.2 Å². The number of alkyl halides is 3. The highest BCUT2D eigenvalue weighted by Gasteiger charge is 2.33. The van der Waals surface area contributed by atoms with E-state index in [1.165, 1.54) is 6.92 Å². The van der Waals surface area contributed by atoms with Gasteiger partial charge in [-0.1, -0.05) is 23.5 Å². The second kappa shape index (κ2) is 6.78. The fourth-order valence-corrected chi connectivity index (χ4v) is 2.47. The molecule has 0 bridgehead atoms. The van der Waals surface area contributed by atoms with E-state index in [1.54, 1.807) is 12.1 Å². The van der Waals surface area contributed by atoms with Crippen LogP contribution in [0.15, 0.2) is 30.5 Å². The maximum Gasteiger partial charge on any atom is 0.427 e. The Morgan fingerprint density at radius 2 is 1.95 bits per heavy atom. The van der Waals surface area contributed by atoms with Gasteiger partial charge in [-0.2, -0.15) is 13.2 Å². The molecule has 0 spiro atoms. The minimum atomic E-state index is -4.35. The number of rotatable bonds is 5. The molecule has 0 saturated heterocycles. The fourth-order valence-electron chi connectivity index (χ4n) is 1.76. The summed E-state index contributed by atoms with van der Waals surface area (Å²) < 4.78 is 37.3. The highest BCUT2D eigenvalue weighted by molar-refractivity contribution is 7.15. The van der Waals surface area contributed by atoms with Crippen LogP contribution in [0.2, 0.25) is 0 Å². The van der Waals surface area contributed by atoms with Crippen molar-refractivity contribution in [3.8, 4) is 0 Å². The van der Waals surface area contributed by atoms with E-state index in [4.69, 9.17) is 0 Å². The summed E-state index contributed by atoms with van der Waals surface area (Å²) in [6.45, 7) is 1.91. The summed E-state index contributed by atoms with van der Waals surface area (Å²) in [5.74, 6) is -0.140. The molecule has 1 aromatic carbocycles. The van der Waals surface area contributed by atoms with Gasteiger partial charge in [0.1, 0.15) is 4.88 Å². The van der Waals surface area contributed by atoms with Gasteiger partial charge >= 0.3 is 6.18 Å². The van der Waals surface area contributed by atoms with E-state index in [9.17, 15) is 18.0 Å². The summed E-state index contributed by atoms with van der Waals surface area (Å²) in [5, 5.41) is 5.78. The quantitative estimate of drug-likeness (QED) is 0.878. The van der Waals surface area contributed by atoms with Gasteiger partial charge in [0.05, 0.1) is 6.20 Å². The molecular weight excluding hydrogens is 315 g/mol. The summed E-state index contributed by atoms with van der Waals surface area (Å²) >= 11 is 0.590. The molecule has 0 aliphatic carbocycles. The fraction of sp³-hybridized carbons (Fsp3) is 0.286. The van der Waals surface area contributed by atoms with Crippen molar-refractivity contribution >= 4 is 28.1 Å². The number of nitrogens with one attached hydrogen (secondary N) is 2. The van der Waals surface area contributed by atoms with Gasteiger partial charge in [0.15, 0.2) is 5.13 Å². The second-order valence-electron chi connectivity index (χ2n) is 4.58. The first-order valence-electron chi connectivity index (χ1n) is 6.48. The molecule has 0 aliphatic rings. The molecule has 118 valence electrons. The van der Waals surface area contributed by atoms with Crippen LogP contribution in [0.25, 0.3) is 0 Å². The first kappa shape index (κ1) is 16.3. The molecule has 8 heteroatoms. The number of halogens is 3. The molecule has 0 unspecified atom stereocenters. The van der Waals surface area contributed by atoms with E-state index in [0.717, 1.165) is 11.8 Å². The van der Waals surface area contributed by atoms with Gasteiger partial charge in [0.25, 0.3) is 0 Å². The summed E-state index contributed by atoms with van der Waals surface area (Å²) in [5.41, 5.74) is 1.72. The molecular formula is C14H14F3N3OS. The smallest absolute Gasteiger partial charge is 0.361 e. The van der Waals surface area contributed by atoms with Gasteiger partial charge < -0.3 is 10.6 Å². The van der Waals surface area contributed by atoms with E-state index in [-0.39, 0.29) is 11.0 Å². The first-order chi connectivity index (χ1) is 10.3. The molecule has 2 rings (SSSR count). The zero-order valence-corrected chi connectivity index (χ0v) is 12.5. The number of carbonyl (C=O) groups excluding carboxylic acids is 1. The average Bonchev–Trinajstić information content (AvgIpc) is 2.89. The van der Waals surface area contributed by atoms with Crippen molar-refractivity contribution in [2.24, 2.45) is 0 Å². The number of nitrogens with zero attached hydrogens (tertiary/aromatic N) is 1. The number of hydrogen-bond acceptors (Lipinski definition) is 4. The van der Waals surface area contributed by atoms with Crippen LogP contribution in [0.4, 0.5) is 24.0 Å². The van der Waals surface area contributed by atoms with E-state index >= 15 is 0 Å². The molecule has 0 atom stereocenters. The highest BCUT2D eigenvalue weighted by atomic mass is 32.1. The number of carbonyl (C=O) groups is 1. The lowest BCUT2D eigenvalue weighted by Crippen LogP contribution is -2.06. The predicted molar refractivity (Wildman–Crippen MR) is 80.1 cm³/mol. The zero-order chi connectivity index (χ0) is 16.2. The Morgan fingerprint density at radius 3 is 2.50 bits per heavy atom. The first-order valence-corrected chi connectivity index (χ1v) is 7.29. The third-order valence-corrected chi connectivity index (χ3v) is 3.75. The Labute approximate surface area is 129 Å². The second-order valence-corrected chi connectivity index (χ2v) is 5.61. The third kappa shape index (κ3) is 4.73. The third-order valence-electron chi connectivity index (χ3n) is 2.75. The SMILES string of the molecule is CC(=O)Nc1ccc(CCNc2ncc(C(F)(F)F)s2)cc1. The Morgan fingerprint density at radius 1 is 1.27 bits per heavy atom. The average molecular weight is 329 g/mol. The van der Waals surface area contributed by atoms with Crippen molar-refractivity contribution in [2.75, 3.05) is 17.2 Å². The van der Waals surface area contributed by atoms with Crippen molar-refractivity contribution in [1.82, 2.24) is 4.98 Å². The molecule has 2 aromatic rings. The summed E-state index contributed by atoms with van der Waals surface area (Å²) in [4.78, 5) is 13.9. The number of hydrogen-bond donors (Lipinski definition) is 2. The maximum atomic E-state index is 12.4. The minimum Gasteiger partial charge on any atom is -0.361 e. The Kier molecular flexibility index (Phi) is 5.02. The van der Waals surface area contributed by atoms with Crippen molar-refractivity contribution in [3.63, 3.8) is 0 Å². The number of thiazole rings is 1. The van der Waals surface area contributed by atoms with E-state index in [0.29, 0.717) is 30.0 Å². The van der Waals surface area contributed by atoms with E-state index < -0.39 is 11.1 Å². The maximum absolute atomic E-state index is 12.4. The summed E-state index contributed by atoms with van der Waals surface area (Å²) in [6.07, 6.45) is -2.88. The van der Waals surface area contributed by atoms with Crippen LogP contribution in [-0.2, 0) is 17.4 Å². The van der Waals surface area contributed by atoms with E-state index in [1.807, 2.05) is 12.1 Å². The van der Waals surface area contributed by atoms with Crippen molar-refractivity contribution in [1.29, 1.82) is 0 Å². The van der Waals surface area contributed by atoms with Gasteiger partial charge in [-0.25, -0.2) is 4.98 Å². The lowest BCUT2D eigenvalue weighted by atomic mass is 10.1. The van der Waals surface area contributed by atoms with Crippen LogP contribution < -0.4 is 10.6 Å². The molecule has 0 aliphatic heterocycles.